The third-order valence-corrected chi connectivity index (χ3v) is 7.41. The third-order valence-electron chi connectivity index (χ3n) is 4.30. The van der Waals surface area contributed by atoms with Crippen molar-refractivity contribution < 1.29 is 9.59 Å². The molecule has 0 saturated carbocycles. The number of urea groups is 1. The molecule has 7 heteroatoms. The van der Waals surface area contributed by atoms with Crippen molar-refractivity contribution in [2.75, 3.05) is 30.4 Å². The topological polar surface area (TPSA) is 61.4 Å². The molecule has 28 heavy (non-hydrogen) atoms. The van der Waals surface area contributed by atoms with Gasteiger partial charge in [0.25, 0.3) is 0 Å². The summed E-state index contributed by atoms with van der Waals surface area (Å²) in [7, 11) is 1.74. The predicted octanol–water partition coefficient (Wildman–Crippen LogP) is 4.34. The Labute approximate surface area is 174 Å². The Bertz CT molecular complexity index is 795. The van der Waals surface area contributed by atoms with Gasteiger partial charge >= 0.3 is 6.03 Å². The van der Waals surface area contributed by atoms with Gasteiger partial charge in [-0.15, -0.1) is 23.5 Å². The second-order valence-corrected chi connectivity index (χ2v) is 9.30. The minimum Gasteiger partial charge on any atom is -0.337 e. The molecule has 1 aliphatic heterocycles. The molecule has 0 aliphatic carbocycles. The molecule has 1 heterocycles. The van der Waals surface area contributed by atoms with Crippen molar-refractivity contribution in [3.63, 3.8) is 0 Å². The van der Waals surface area contributed by atoms with E-state index in [1.54, 1.807) is 11.9 Å². The Kier molecular flexibility index (Phi) is 7.68. The van der Waals surface area contributed by atoms with E-state index in [0.29, 0.717) is 17.7 Å². The highest BCUT2D eigenvalue weighted by atomic mass is 32.2. The molecule has 2 N–H and O–H groups in total. The Morgan fingerprint density at radius 3 is 2.57 bits per heavy atom. The van der Waals surface area contributed by atoms with Crippen molar-refractivity contribution >= 4 is 41.1 Å². The highest BCUT2D eigenvalue weighted by molar-refractivity contribution is 8.19. The van der Waals surface area contributed by atoms with Gasteiger partial charge in [0.15, 0.2) is 0 Å². The van der Waals surface area contributed by atoms with Gasteiger partial charge in [0, 0.05) is 43.8 Å². The number of hydrogen-bond donors (Lipinski definition) is 2. The Morgan fingerprint density at radius 1 is 1.07 bits per heavy atom. The molecule has 2 aromatic rings. The van der Waals surface area contributed by atoms with Crippen LogP contribution in [0.5, 0.6) is 0 Å². The molecule has 5 nitrogen and oxygen atoms in total. The van der Waals surface area contributed by atoms with Crippen LogP contribution in [0.15, 0.2) is 54.6 Å². The molecular weight excluding hydrogens is 390 g/mol. The largest absolute Gasteiger partial charge is 0.337 e. The normalized spacial score (nSPS) is 13.9. The second kappa shape index (κ2) is 10.4. The fraction of sp³-hybridized carbons (Fsp3) is 0.333. The maximum absolute atomic E-state index is 12.2. The van der Waals surface area contributed by atoms with Crippen molar-refractivity contribution in [1.82, 2.24) is 10.2 Å². The number of thioether (sulfide) groups is 2. The Hall–Kier alpha value is -2.12. The smallest absolute Gasteiger partial charge is 0.317 e. The lowest BCUT2D eigenvalue weighted by Gasteiger charge is -2.18. The number of anilines is 1. The molecule has 148 valence electrons. The average Bonchev–Trinajstić information content (AvgIpc) is 3.24. The monoisotopic (exact) mass is 415 g/mol. The molecule has 2 aromatic carbocycles. The molecule has 3 rings (SSSR count). The number of nitrogens with one attached hydrogen (secondary N) is 2. The maximum atomic E-state index is 12.2. The zero-order valence-corrected chi connectivity index (χ0v) is 17.5. The fourth-order valence-corrected chi connectivity index (χ4v) is 5.72. The zero-order chi connectivity index (χ0) is 19.8. The van der Waals surface area contributed by atoms with E-state index in [4.69, 9.17) is 0 Å². The van der Waals surface area contributed by atoms with Gasteiger partial charge in [0.05, 0.1) is 4.58 Å². The lowest BCUT2D eigenvalue weighted by Crippen LogP contribution is -2.38. The Balaban J connectivity index is 1.40. The van der Waals surface area contributed by atoms with Crippen LogP contribution in [-0.2, 0) is 11.3 Å². The van der Waals surface area contributed by atoms with Gasteiger partial charge in [0.1, 0.15) is 0 Å². The number of nitrogens with zero attached hydrogens (tertiary/aromatic N) is 1. The van der Waals surface area contributed by atoms with Crippen molar-refractivity contribution in [1.29, 1.82) is 0 Å². The van der Waals surface area contributed by atoms with E-state index >= 15 is 0 Å². The van der Waals surface area contributed by atoms with Crippen molar-refractivity contribution in [3.05, 3.63) is 65.7 Å². The van der Waals surface area contributed by atoms with Gasteiger partial charge in [-0.1, -0.05) is 42.5 Å². The number of carbonyl (C=O) groups is 2. The number of benzene rings is 2. The summed E-state index contributed by atoms with van der Waals surface area (Å²) in [4.78, 5) is 26.0. The van der Waals surface area contributed by atoms with Crippen LogP contribution in [0.4, 0.5) is 10.5 Å². The van der Waals surface area contributed by atoms with Crippen LogP contribution < -0.4 is 10.6 Å². The quantitative estimate of drug-likeness (QED) is 0.706. The second-order valence-electron chi connectivity index (χ2n) is 6.57. The highest BCUT2D eigenvalue weighted by Gasteiger charge is 2.18. The summed E-state index contributed by atoms with van der Waals surface area (Å²) in [5.74, 6) is 2.24. The average molecular weight is 416 g/mol. The van der Waals surface area contributed by atoms with Gasteiger partial charge in [-0.05, 0) is 23.3 Å². The van der Waals surface area contributed by atoms with Crippen LogP contribution in [-0.4, -0.2) is 41.9 Å². The minimum atomic E-state index is -0.186. The molecule has 1 fully saturated rings. The lowest BCUT2D eigenvalue weighted by molar-refractivity contribution is -0.116. The fourth-order valence-electron chi connectivity index (χ4n) is 2.88. The first-order valence-corrected chi connectivity index (χ1v) is 11.4. The first-order chi connectivity index (χ1) is 13.6. The summed E-state index contributed by atoms with van der Waals surface area (Å²) >= 11 is 3.88. The van der Waals surface area contributed by atoms with Gasteiger partial charge in [0.2, 0.25) is 5.91 Å². The summed E-state index contributed by atoms with van der Waals surface area (Å²) in [6.45, 7) is 0.834. The highest BCUT2D eigenvalue weighted by Crippen LogP contribution is 2.45. The van der Waals surface area contributed by atoms with Gasteiger partial charge in [-0.3, -0.25) is 4.79 Å². The number of carbonyl (C=O) groups excluding carboxylic acids is 2. The van der Waals surface area contributed by atoms with Crippen LogP contribution in [0.2, 0.25) is 0 Å². The third kappa shape index (κ3) is 6.21. The first-order valence-electron chi connectivity index (χ1n) is 9.28. The van der Waals surface area contributed by atoms with Crippen molar-refractivity contribution in [2.24, 2.45) is 0 Å². The zero-order valence-electron chi connectivity index (χ0n) is 15.9. The molecule has 1 aliphatic rings. The Morgan fingerprint density at radius 2 is 1.82 bits per heavy atom. The molecule has 0 unspecified atom stereocenters. The van der Waals surface area contributed by atoms with E-state index < -0.39 is 0 Å². The van der Waals surface area contributed by atoms with Crippen LogP contribution in [0, 0.1) is 0 Å². The lowest BCUT2D eigenvalue weighted by atomic mass is 10.2. The maximum Gasteiger partial charge on any atom is 0.317 e. The molecule has 0 bridgehead atoms. The first kappa shape index (κ1) is 20.6. The molecule has 1 saturated heterocycles. The summed E-state index contributed by atoms with van der Waals surface area (Å²) < 4.78 is 0.455. The van der Waals surface area contributed by atoms with Crippen LogP contribution in [0.1, 0.15) is 22.1 Å². The van der Waals surface area contributed by atoms with Crippen LogP contribution in [0.25, 0.3) is 0 Å². The number of rotatable bonds is 7. The number of amides is 3. The summed E-state index contributed by atoms with van der Waals surface area (Å²) in [5, 5.41) is 5.72. The van der Waals surface area contributed by atoms with E-state index in [2.05, 4.69) is 16.7 Å². The molecule has 0 spiro atoms. The summed E-state index contributed by atoms with van der Waals surface area (Å²) in [6, 6.07) is 17.6. The molecule has 3 amide bonds. The predicted molar refractivity (Wildman–Crippen MR) is 119 cm³/mol. The minimum absolute atomic E-state index is 0.102. The van der Waals surface area contributed by atoms with Gasteiger partial charge in [-0.2, -0.15) is 0 Å². The SMILES string of the molecule is CN(Cc1ccccc1)C(=O)NCCC(=O)Nc1cccc(C2SCCS2)c1. The van der Waals surface area contributed by atoms with Crippen LogP contribution >= 0.6 is 23.5 Å². The number of hydrogen-bond acceptors (Lipinski definition) is 4. The van der Waals surface area contributed by atoms with Crippen LogP contribution in [0.3, 0.4) is 0 Å². The van der Waals surface area contributed by atoms with Gasteiger partial charge < -0.3 is 15.5 Å². The summed E-state index contributed by atoms with van der Waals surface area (Å²) in [5.41, 5.74) is 3.11. The van der Waals surface area contributed by atoms with Crippen molar-refractivity contribution in [2.45, 2.75) is 17.5 Å². The molecule has 0 aromatic heterocycles. The van der Waals surface area contributed by atoms with E-state index in [1.165, 1.54) is 17.1 Å². The summed E-state index contributed by atoms with van der Waals surface area (Å²) in [6.07, 6.45) is 0.238. The molecule has 0 radical (unpaired) electrons. The van der Waals surface area contributed by atoms with E-state index in [1.807, 2.05) is 72.1 Å². The molecular formula is C21H25N3O2S2. The van der Waals surface area contributed by atoms with E-state index in [-0.39, 0.29) is 18.4 Å². The van der Waals surface area contributed by atoms with Crippen molar-refractivity contribution in [3.8, 4) is 0 Å². The molecule has 0 atom stereocenters. The van der Waals surface area contributed by atoms with E-state index in [0.717, 1.165) is 11.3 Å². The standard InChI is InChI=1S/C21H25N3O2S2/c1-24(15-16-6-3-2-4-7-16)21(26)22-11-10-19(25)23-18-9-5-8-17(14-18)20-27-12-13-28-20/h2-9,14,20H,10-13,15H2,1H3,(H,22,26)(H,23,25). The van der Waals surface area contributed by atoms with Gasteiger partial charge in [-0.25, -0.2) is 4.79 Å². The van der Waals surface area contributed by atoms with E-state index in [9.17, 15) is 9.59 Å².